The van der Waals surface area contributed by atoms with Gasteiger partial charge in [-0.2, -0.15) is 5.10 Å². The van der Waals surface area contributed by atoms with Crippen LogP contribution in [0.5, 0.6) is 5.75 Å². The van der Waals surface area contributed by atoms with Crippen LogP contribution in [0.25, 0.3) is 0 Å². The molecule has 4 rings (SSSR count). The summed E-state index contributed by atoms with van der Waals surface area (Å²) < 4.78 is 6.19. The summed E-state index contributed by atoms with van der Waals surface area (Å²) in [4.78, 5) is 50.4. The van der Waals surface area contributed by atoms with Gasteiger partial charge < -0.3 is 15.4 Å². The Bertz CT molecular complexity index is 1630. The van der Waals surface area contributed by atoms with Crippen LogP contribution in [0.3, 0.4) is 0 Å². The number of benzene rings is 4. The van der Waals surface area contributed by atoms with Crippen LogP contribution in [0, 0.1) is 13.8 Å². The number of amides is 3. The van der Waals surface area contributed by atoms with Gasteiger partial charge in [0.1, 0.15) is 5.75 Å². The first-order chi connectivity index (χ1) is 19.7. The van der Waals surface area contributed by atoms with Crippen LogP contribution in [0.1, 0.15) is 37.4 Å². The number of nitrogens with one attached hydrogen (secondary N) is 3. The first-order valence-corrected chi connectivity index (χ1v) is 13.2. The molecule has 0 saturated carbocycles. The number of rotatable bonds is 7. The van der Waals surface area contributed by atoms with E-state index < -0.39 is 23.7 Å². The Morgan fingerprint density at radius 3 is 2.15 bits per heavy atom. The number of esters is 1. The van der Waals surface area contributed by atoms with Crippen molar-refractivity contribution >= 4 is 57.2 Å². The van der Waals surface area contributed by atoms with E-state index in [2.05, 4.69) is 37.1 Å². The molecule has 0 fully saturated rings. The molecule has 3 amide bonds. The number of carbonyl (C=O) groups excluding carboxylic acids is 4. The van der Waals surface area contributed by atoms with Crippen molar-refractivity contribution in [2.45, 2.75) is 13.8 Å². The number of aryl methyl sites for hydroxylation is 2. The van der Waals surface area contributed by atoms with Crippen molar-refractivity contribution in [2.24, 2.45) is 5.10 Å². The molecule has 9 nitrogen and oxygen atoms in total. The Morgan fingerprint density at radius 2 is 1.44 bits per heavy atom. The second-order valence-corrected chi connectivity index (χ2v) is 9.87. The summed E-state index contributed by atoms with van der Waals surface area (Å²) in [5, 5.41) is 9.05. The number of hydrogen-bond acceptors (Lipinski definition) is 6. The van der Waals surface area contributed by atoms with E-state index in [1.54, 1.807) is 66.7 Å². The van der Waals surface area contributed by atoms with Crippen molar-refractivity contribution in [3.63, 3.8) is 0 Å². The molecule has 206 valence electrons. The molecule has 0 aliphatic carbocycles. The molecule has 0 aliphatic rings. The Balaban J connectivity index is 1.40. The minimum Gasteiger partial charge on any atom is -0.422 e. The lowest BCUT2D eigenvalue weighted by Crippen LogP contribution is -2.33. The molecular formula is C31H25BrN4O5. The summed E-state index contributed by atoms with van der Waals surface area (Å²) >= 11 is 3.35. The van der Waals surface area contributed by atoms with E-state index in [9.17, 15) is 19.2 Å². The van der Waals surface area contributed by atoms with Crippen molar-refractivity contribution in [1.29, 1.82) is 0 Å². The van der Waals surface area contributed by atoms with Gasteiger partial charge in [-0.25, -0.2) is 10.2 Å². The predicted octanol–water partition coefficient (Wildman–Crippen LogP) is 5.63. The molecule has 41 heavy (non-hydrogen) atoms. The molecule has 0 atom stereocenters. The molecule has 10 heteroatoms. The zero-order chi connectivity index (χ0) is 29.4. The number of ether oxygens (including phenoxy) is 1. The van der Waals surface area contributed by atoms with Crippen LogP contribution in [0.4, 0.5) is 11.4 Å². The average molecular weight is 613 g/mol. The fourth-order valence-electron chi connectivity index (χ4n) is 3.58. The van der Waals surface area contributed by atoms with Crippen molar-refractivity contribution < 1.29 is 23.9 Å². The number of nitrogens with zero attached hydrogens (tertiary/aromatic N) is 1. The Morgan fingerprint density at radius 1 is 0.780 bits per heavy atom. The fourth-order valence-corrected chi connectivity index (χ4v) is 3.96. The van der Waals surface area contributed by atoms with E-state index in [1.165, 1.54) is 18.3 Å². The average Bonchev–Trinajstić information content (AvgIpc) is 2.96. The van der Waals surface area contributed by atoms with Crippen molar-refractivity contribution in [1.82, 2.24) is 5.43 Å². The molecule has 3 N–H and O–H groups in total. The second kappa shape index (κ2) is 13.3. The van der Waals surface area contributed by atoms with E-state index in [4.69, 9.17) is 4.74 Å². The van der Waals surface area contributed by atoms with Gasteiger partial charge in [-0.05, 0) is 68.4 Å². The molecular weight excluding hydrogens is 588 g/mol. The fraction of sp³-hybridized carbons (Fsp3) is 0.0645. The van der Waals surface area contributed by atoms with E-state index in [0.717, 1.165) is 11.1 Å². The number of halogens is 1. The van der Waals surface area contributed by atoms with E-state index in [-0.39, 0.29) is 17.0 Å². The third-order valence-electron chi connectivity index (χ3n) is 5.77. The molecule has 0 bridgehead atoms. The number of hydrogen-bond donors (Lipinski definition) is 3. The van der Waals surface area contributed by atoms with Gasteiger partial charge in [0, 0.05) is 15.7 Å². The summed E-state index contributed by atoms with van der Waals surface area (Å²) in [6, 6.07) is 25.4. The third-order valence-corrected chi connectivity index (χ3v) is 6.26. The van der Waals surface area contributed by atoms with Gasteiger partial charge in [0.25, 0.3) is 5.91 Å². The van der Waals surface area contributed by atoms with E-state index >= 15 is 0 Å². The molecule has 0 radical (unpaired) electrons. The number of carbonyl (C=O) groups is 4. The number of anilines is 2. The number of hydrazone groups is 1. The van der Waals surface area contributed by atoms with E-state index in [1.807, 2.05) is 26.0 Å². The van der Waals surface area contributed by atoms with E-state index in [0.29, 0.717) is 21.3 Å². The largest absolute Gasteiger partial charge is 0.422 e. The van der Waals surface area contributed by atoms with Gasteiger partial charge in [-0.1, -0.05) is 63.5 Å². The first-order valence-electron chi connectivity index (χ1n) is 12.4. The van der Waals surface area contributed by atoms with Gasteiger partial charge in [0.2, 0.25) is 0 Å². The van der Waals surface area contributed by atoms with Gasteiger partial charge >= 0.3 is 17.8 Å². The normalized spacial score (nSPS) is 10.6. The monoisotopic (exact) mass is 612 g/mol. The molecule has 0 spiro atoms. The smallest absolute Gasteiger partial charge is 0.343 e. The summed E-state index contributed by atoms with van der Waals surface area (Å²) in [5.74, 6) is -2.91. The molecule has 0 unspecified atom stereocenters. The minimum atomic E-state index is -1.07. The highest BCUT2D eigenvalue weighted by atomic mass is 79.9. The molecule has 4 aromatic carbocycles. The molecule has 0 aliphatic heterocycles. The highest BCUT2D eigenvalue weighted by Crippen LogP contribution is 2.23. The topological polar surface area (TPSA) is 126 Å². The van der Waals surface area contributed by atoms with Crippen LogP contribution in [-0.4, -0.2) is 29.9 Å². The lowest BCUT2D eigenvalue weighted by Gasteiger charge is -2.11. The van der Waals surface area contributed by atoms with Crippen LogP contribution in [0.2, 0.25) is 0 Å². The maximum atomic E-state index is 12.8. The maximum absolute atomic E-state index is 12.8. The Hall–Kier alpha value is -5.09. The van der Waals surface area contributed by atoms with Crippen molar-refractivity contribution in [3.05, 3.63) is 123 Å². The van der Waals surface area contributed by atoms with Gasteiger partial charge in [-0.3, -0.25) is 14.4 Å². The van der Waals surface area contributed by atoms with Crippen LogP contribution in [-0.2, 0) is 9.59 Å². The highest BCUT2D eigenvalue weighted by molar-refractivity contribution is 9.10. The zero-order valence-corrected chi connectivity index (χ0v) is 23.7. The molecule has 0 saturated heterocycles. The first kappa shape index (κ1) is 28.9. The molecule has 0 heterocycles. The summed E-state index contributed by atoms with van der Waals surface area (Å²) in [6.07, 6.45) is 1.25. The predicted molar refractivity (Wildman–Crippen MR) is 160 cm³/mol. The second-order valence-electron chi connectivity index (χ2n) is 8.96. The maximum Gasteiger partial charge on any atom is 0.343 e. The van der Waals surface area contributed by atoms with Crippen LogP contribution < -0.4 is 20.8 Å². The molecule has 4 aromatic rings. The lowest BCUT2D eigenvalue weighted by molar-refractivity contribution is -0.136. The van der Waals surface area contributed by atoms with Crippen molar-refractivity contribution in [3.8, 4) is 5.75 Å². The lowest BCUT2D eigenvalue weighted by atomic mass is 10.1. The van der Waals surface area contributed by atoms with Gasteiger partial charge in [0.15, 0.2) is 0 Å². The Kier molecular flexibility index (Phi) is 9.39. The Labute approximate surface area is 244 Å². The highest BCUT2D eigenvalue weighted by Gasteiger charge is 2.18. The summed E-state index contributed by atoms with van der Waals surface area (Å²) in [5.41, 5.74) is 5.86. The standard InChI is InChI=1S/C31H25BrN4O5/c1-19-7-11-21(12-8-19)31(40)41-27-16-13-23(32)17-22(27)18-33-36-30(39)29(38)35-26-6-4-3-5-25(26)28(37)34-24-14-9-20(2)10-15-24/h3-18H,1-2H3,(H,34,37)(H,35,38)(H,36,39)/b33-18+. The summed E-state index contributed by atoms with van der Waals surface area (Å²) in [6.45, 7) is 3.85. The zero-order valence-electron chi connectivity index (χ0n) is 22.1. The number of para-hydroxylation sites is 1. The van der Waals surface area contributed by atoms with Gasteiger partial charge in [0.05, 0.1) is 23.0 Å². The van der Waals surface area contributed by atoms with Crippen molar-refractivity contribution in [2.75, 3.05) is 10.6 Å². The van der Waals surface area contributed by atoms with Gasteiger partial charge in [-0.15, -0.1) is 0 Å². The quantitative estimate of drug-likeness (QED) is 0.0820. The SMILES string of the molecule is Cc1ccc(NC(=O)c2ccccc2NC(=O)C(=O)N/N=C/c2cc(Br)ccc2OC(=O)c2ccc(C)cc2)cc1. The van der Waals surface area contributed by atoms with Crippen LogP contribution in [0.15, 0.2) is 101 Å². The minimum absolute atomic E-state index is 0.151. The molecule has 0 aromatic heterocycles. The summed E-state index contributed by atoms with van der Waals surface area (Å²) in [7, 11) is 0. The third kappa shape index (κ3) is 7.96. The van der Waals surface area contributed by atoms with Crippen LogP contribution >= 0.6 is 15.9 Å².